The third-order valence-electron chi connectivity index (χ3n) is 2.08. The summed E-state index contributed by atoms with van der Waals surface area (Å²) in [5.74, 6) is -1.11. The predicted molar refractivity (Wildman–Crippen MR) is 56.5 cm³/mol. The molecular weight excluding hydrogens is 212 g/mol. The first-order valence-electron chi connectivity index (χ1n) is 4.62. The van der Waals surface area contributed by atoms with E-state index in [-0.39, 0.29) is 11.6 Å². The molecule has 0 spiro atoms. The summed E-state index contributed by atoms with van der Waals surface area (Å²) in [6.45, 7) is 1.72. The number of nitrogens with two attached hydrogens (primary N) is 1. The van der Waals surface area contributed by atoms with Crippen molar-refractivity contribution in [3.05, 3.63) is 41.6 Å². The van der Waals surface area contributed by atoms with E-state index in [0.29, 0.717) is 11.1 Å². The third-order valence-corrected chi connectivity index (χ3v) is 2.08. The van der Waals surface area contributed by atoms with Gasteiger partial charge in [-0.3, -0.25) is 0 Å². The van der Waals surface area contributed by atoms with E-state index in [2.05, 4.69) is 9.97 Å². The fourth-order valence-electron chi connectivity index (χ4n) is 1.46. The molecule has 0 aliphatic heterocycles. The second-order valence-corrected chi connectivity index (χ2v) is 3.44. The molecule has 0 saturated carbocycles. The number of benzene rings is 1. The fourth-order valence-corrected chi connectivity index (χ4v) is 1.46. The maximum Gasteiger partial charge on any atom is 0.220 e. The molecule has 1 aromatic heterocycles. The lowest BCUT2D eigenvalue weighted by Crippen LogP contribution is -1.99. The van der Waals surface area contributed by atoms with Crippen molar-refractivity contribution in [1.29, 1.82) is 0 Å². The fraction of sp³-hybridized carbons (Fsp3) is 0.0909. The lowest BCUT2D eigenvalue weighted by Gasteiger charge is -2.04. The highest BCUT2D eigenvalue weighted by atomic mass is 19.1. The van der Waals surface area contributed by atoms with Gasteiger partial charge >= 0.3 is 0 Å². The summed E-state index contributed by atoms with van der Waals surface area (Å²) in [6.07, 6.45) is 0.970. The number of aromatic nitrogens is 2. The summed E-state index contributed by atoms with van der Waals surface area (Å²) >= 11 is 0. The number of hydrogen-bond donors (Lipinski definition) is 1. The highest BCUT2D eigenvalue weighted by Gasteiger charge is 2.09. The Morgan fingerprint density at radius 1 is 1.19 bits per heavy atom. The average Bonchev–Trinajstić information content (AvgIpc) is 2.20. The number of anilines is 1. The summed E-state index contributed by atoms with van der Waals surface area (Å²) in [4.78, 5) is 7.26. The van der Waals surface area contributed by atoms with Gasteiger partial charge in [0.15, 0.2) is 5.82 Å². The Kier molecular flexibility index (Phi) is 2.52. The first-order chi connectivity index (χ1) is 7.56. The van der Waals surface area contributed by atoms with E-state index in [9.17, 15) is 8.78 Å². The number of nitrogens with zero attached hydrogens (tertiary/aromatic N) is 2. The van der Waals surface area contributed by atoms with Crippen LogP contribution in [-0.2, 0) is 0 Å². The highest BCUT2D eigenvalue weighted by molar-refractivity contribution is 5.61. The van der Waals surface area contributed by atoms with Gasteiger partial charge in [0.1, 0.15) is 11.5 Å². The van der Waals surface area contributed by atoms with Gasteiger partial charge in [0.05, 0.1) is 6.20 Å². The molecule has 5 heteroatoms. The van der Waals surface area contributed by atoms with E-state index in [0.717, 1.165) is 6.20 Å². The molecule has 16 heavy (non-hydrogen) atoms. The Balaban J connectivity index is 2.62. The molecule has 82 valence electrons. The molecule has 0 fully saturated rings. The zero-order valence-electron chi connectivity index (χ0n) is 8.54. The smallest absolute Gasteiger partial charge is 0.220 e. The molecule has 0 amide bonds. The molecule has 2 N–H and O–H groups in total. The summed E-state index contributed by atoms with van der Waals surface area (Å²) < 4.78 is 26.6. The van der Waals surface area contributed by atoms with Crippen LogP contribution in [0.2, 0.25) is 0 Å². The van der Waals surface area contributed by atoms with Crippen LogP contribution in [-0.4, -0.2) is 9.97 Å². The van der Waals surface area contributed by atoms with Crippen molar-refractivity contribution in [2.75, 3.05) is 5.73 Å². The van der Waals surface area contributed by atoms with Gasteiger partial charge in [-0.05, 0) is 30.7 Å². The number of nitrogen functional groups attached to an aromatic ring is 1. The molecule has 0 unspecified atom stereocenters. The van der Waals surface area contributed by atoms with Crippen LogP contribution >= 0.6 is 0 Å². The Hall–Kier alpha value is -2.04. The zero-order valence-corrected chi connectivity index (χ0v) is 8.54. The number of rotatable bonds is 1. The van der Waals surface area contributed by atoms with Crippen molar-refractivity contribution in [3.8, 4) is 11.3 Å². The first-order valence-corrected chi connectivity index (χ1v) is 4.62. The van der Waals surface area contributed by atoms with Crippen LogP contribution in [0.25, 0.3) is 11.3 Å². The SMILES string of the molecule is Cc1cc(F)cc(-c2nc(N)ncc2F)c1. The Bertz CT molecular complexity index is 520. The second-order valence-electron chi connectivity index (χ2n) is 3.44. The van der Waals surface area contributed by atoms with Gasteiger partial charge in [0, 0.05) is 5.56 Å². The quantitative estimate of drug-likeness (QED) is 0.803. The van der Waals surface area contributed by atoms with Crippen LogP contribution in [0.5, 0.6) is 0 Å². The van der Waals surface area contributed by atoms with E-state index in [1.807, 2.05) is 0 Å². The first kappa shape index (κ1) is 10.5. The minimum Gasteiger partial charge on any atom is -0.368 e. The van der Waals surface area contributed by atoms with Crippen molar-refractivity contribution in [2.24, 2.45) is 0 Å². The Morgan fingerprint density at radius 2 is 1.94 bits per heavy atom. The summed E-state index contributed by atoms with van der Waals surface area (Å²) in [7, 11) is 0. The Morgan fingerprint density at radius 3 is 2.62 bits per heavy atom. The van der Waals surface area contributed by atoms with E-state index in [1.165, 1.54) is 12.1 Å². The minimum absolute atomic E-state index is 0.00935. The van der Waals surface area contributed by atoms with E-state index in [1.54, 1.807) is 13.0 Å². The van der Waals surface area contributed by atoms with Crippen molar-refractivity contribution in [1.82, 2.24) is 9.97 Å². The summed E-state index contributed by atoms with van der Waals surface area (Å²) in [5, 5.41) is 0. The molecule has 0 aliphatic rings. The zero-order chi connectivity index (χ0) is 11.7. The molecule has 0 saturated heterocycles. The Labute approximate surface area is 91.0 Å². The van der Waals surface area contributed by atoms with Crippen molar-refractivity contribution < 1.29 is 8.78 Å². The topological polar surface area (TPSA) is 51.8 Å². The van der Waals surface area contributed by atoms with E-state index < -0.39 is 11.6 Å². The molecular formula is C11H9F2N3. The van der Waals surface area contributed by atoms with Gasteiger partial charge in [0.2, 0.25) is 5.95 Å². The molecule has 3 nitrogen and oxygen atoms in total. The number of aryl methyl sites for hydroxylation is 1. The second kappa shape index (κ2) is 3.84. The van der Waals surface area contributed by atoms with Crippen LogP contribution in [0.1, 0.15) is 5.56 Å². The van der Waals surface area contributed by atoms with Crippen molar-refractivity contribution >= 4 is 5.95 Å². The van der Waals surface area contributed by atoms with Gasteiger partial charge in [0.25, 0.3) is 0 Å². The molecule has 1 aromatic carbocycles. The summed E-state index contributed by atoms with van der Waals surface area (Å²) in [5.41, 5.74) is 6.41. The lowest BCUT2D eigenvalue weighted by molar-refractivity contribution is 0.616. The molecule has 2 aromatic rings. The van der Waals surface area contributed by atoms with Crippen molar-refractivity contribution in [2.45, 2.75) is 6.92 Å². The van der Waals surface area contributed by atoms with Crippen LogP contribution in [0.3, 0.4) is 0 Å². The lowest BCUT2D eigenvalue weighted by atomic mass is 10.1. The van der Waals surface area contributed by atoms with E-state index >= 15 is 0 Å². The van der Waals surface area contributed by atoms with Gasteiger partial charge in [-0.1, -0.05) is 0 Å². The number of halogens is 2. The number of hydrogen-bond acceptors (Lipinski definition) is 3. The third kappa shape index (κ3) is 1.98. The maximum absolute atomic E-state index is 13.4. The highest BCUT2D eigenvalue weighted by Crippen LogP contribution is 2.22. The van der Waals surface area contributed by atoms with Gasteiger partial charge in [-0.25, -0.2) is 18.7 Å². The average molecular weight is 221 g/mol. The van der Waals surface area contributed by atoms with Crippen LogP contribution in [0.4, 0.5) is 14.7 Å². The molecule has 0 radical (unpaired) electrons. The van der Waals surface area contributed by atoms with Crippen LogP contribution < -0.4 is 5.73 Å². The molecule has 0 bridgehead atoms. The van der Waals surface area contributed by atoms with Gasteiger partial charge in [-0.15, -0.1) is 0 Å². The van der Waals surface area contributed by atoms with Crippen molar-refractivity contribution in [3.63, 3.8) is 0 Å². The normalized spacial score (nSPS) is 10.4. The molecule has 2 rings (SSSR count). The maximum atomic E-state index is 13.4. The molecule has 0 atom stereocenters. The van der Waals surface area contributed by atoms with Gasteiger partial charge < -0.3 is 5.73 Å². The van der Waals surface area contributed by atoms with Crippen LogP contribution in [0, 0.1) is 18.6 Å². The molecule has 0 aliphatic carbocycles. The summed E-state index contributed by atoms with van der Waals surface area (Å²) in [6, 6.07) is 4.19. The monoisotopic (exact) mass is 221 g/mol. The largest absolute Gasteiger partial charge is 0.368 e. The minimum atomic E-state index is -0.626. The standard InChI is InChI=1S/C11H9F2N3/c1-6-2-7(4-8(12)3-6)10-9(13)5-15-11(14)16-10/h2-5H,1H3,(H2,14,15,16). The van der Waals surface area contributed by atoms with Crippen LogP contribution in [0.15, 0.2) is 24.4 Å². The predicted octanol–water partition coefficient (Wildman–Crippen LogP) is 2.31. The van der Waals surface area contributed by atoms with Gasteiger partial charge in [-0.2, -0.15) is 0 Å². The van der Waals surface area contributed by atoms with E-state index in [4.69, 9.17) is 5.73 Å². The molecule has 1 heterocycles.